The first-order chi connectivity index (χ1) is 14.9. The molecule has 2 aromatic carbocycles. The van der Waals surface area contributed by atoms with Crippen LogP contribution in [0.15, 0.2) is 51.8 Å². The van der Waals surface area contributed by atoms with Gasteiger partial charge in [-0.2, -0.15) is 4.31 Å². The molecule has 31 heavy (non-hydrogen) atoms. The van der Waals surface area contributed by atoms with E-state index in [4.69, 9.17) is 9.15 Å². The molecule has 3 aromatic rings. The number of sulfonamides is 1. The smallest absolute Gasteiger partial charge is 0.250 e. The Hall–Kier alpha value is -2.78. The second-order valence-electron chi connectivity index (χ2n) is 7.49. The Morgan fingerprint density at radius 2 is 2.03 bits per heavy atom. The number of piperidine rings is 1. The van der Waals surface area contributed by atoms with Crippen molar-refractivity contribution in [3.8, 4) is 17.2 Å². The minimum Gasteiger partial charge on any atom is -0.494 e. The lowest BCUT2D eigenvalue weighted by atomic mass is 10.00. The summed E-state index contributed by atoms with van der Waals surface area (Å²) < 4.78 is 53.1. The van der Waals surface area contributed by atoms with Crippen LogP contribution in [0.5, 0.6) is 5.75 Å². The van der Waals surface area contributed by atoms with Crippen molar-refractivity contribution in [3.05, 3.63) is 59.7 Å². The molecule has 0 bridgehead atoms. The molecule has 1 saturated heterocycles. The fraction of sp³-hybridized carbons (Fsp3) is 0.364. The van der Waals surface area contributed by atoms with E-state index in [9.17, 15) is 12.8 Å². The highest BCUT2D eigenvalue weighted by molar-refractivity contribution is 7.89. The van der Waals surface area contributed by atoms with E-state index in [0.717, 1.165) is 5.56 Å². The molecule has 0 N–H and O–H groups in total. The summed E-state index contributed by atoms with van der Waals surface area (Å²) in [6.07, 6.45) is 1.38. The molecule has 1 atom stereocenters. The number of rotatable bonds is 6. The Morgan fingerprint density at radius 1 is 1.23 bits per heavy atom. The van der Waals surface area contributed by atoms with Crippen LogP contribution in [-0.4, -0.2) is 42.6 Å². The molecule has 2 heterocycles. The molecular formula is C22H24FN3O4S. The number of nitrogens with zero attached hydrogens (tertiary/aromatic N) is 3. The van der Waals surface area contributed by atoms with Gasteiger partial charge in [-0.25, -0.2) is 12.8 Å². The summed E-state index contributed by atoms with van der Waals surface area (Å²) in [7, 11) is -3.68. The van der Waals surface area contributed by atoms with Crippen LogP contribution in [0.2, 0.25) is 0 Å². The number of hydrogen-bond acceptors (Lipinski definition) is 6. The first-order valence-corrected chi connectivity index (χ1v) is 11.7. The monoisotopic (exact) mass is 445 g/mol. The third kappa shape index (κ3) is 4.33. The zero-order chi connectivity index (χ0) is 22.0. The predicted molar refractivity (Wildman–Crippen MR) is 113 cm³/mol. The summed E-state index contributed by atoms with van der Waals surface area (Å²) in [6.45, 7) is 4.87. The number of benzene rings is 2. The second-order valence-corrected chi connectivity index (χ2v) is 9.43. The van der Waals surface area contributed by atoms with Gasteiger partial charge in [-0.15, -0.1) is 10.2 Å². The van der Waals surface area contributed by atoms with Crippen LogP contribution < -0.4 is 4.74 Å². The van der Waals surface area contributed by atoms with Crippen LogP contribution in [0, 0.1) is 12.7 Å². The molecular weight excluding hydrogens is 421 g/mol. The topological polar surface area (TPSA) is 85.5 Å². The van der Waals surface area contributed by atoms with Crippen molar-refractivity contribution >= 4 is 10.0 Å². The van der Waals surface area contributed by atoms with Crippen molar-refractivity contribution in [1.82, 2.24) is 14.5 Å². The van der Waals surface area contributed by atoms with Crippen molar-refractivity contribution < 1.29 is 22.0 Å². The maximum absolute atomic E-state index is 14.0. The van der Waals surface area contributed by atoms with Crippen LogP contribution in [0.1, 0.15) is 37.1 Å². The molecule has 0 radical (unpaired) electrons. The Morgan fingerprint density at radius 3 is 2.77 bits per heavy atom. The van der Waals surface area contributed by atoms with Gasteiger partial charge in [-0.1, -0.05) is 12.1 Å². The molecule has 9 heteroatoms. The minimum absolute atomic E-state index is 0.0928. The van der Waals surface area contributed by atoms with Gasteiger partial charge in [0.1, 0.15) is 11.6 Å². The van der Waals surface area contributed by atoms with E-state index >= 15 is 0 Å². The second kappa shape index (κ2) is 8.76. The van der Waals surface area contributed by atoms with E-state index in [0.29, 0.717) is 37.6 Å². The van der Waals surface area contributed by atoms with Gasteiger partial charge in [0.05, 0.1) is 23.0 Å². The Labute approximate surface area is 180 Å². The summed E-state index contributed by atoms with van der Waals surface area (Å²) in [5, 5.41) is 8.04. The molecule has 1 aromatic heterocycles. The van der Waals surface area contributed by atoms with E-state index in [-0.39, 0.29) is 28.8 Å². The zero-order valence-corrected chi connectivity index (χ0v) is 18.2. The first kappa shape index (κ1) is 21.5. The lowest BCUT2D eigenvalue weighted by Crippen LogP contribution is -2.39. The van der Waals surface area contributed by atoms with Gasteiger partial charge in [0.25, 0.3) is 5.89 Å². The number of ether oxygens (including phenoxy) is 1. The van der Waals surface area contributed by atoms with Crippen LogP contribution in [0.25, 0.3) is 11.5 Å². The Kier molecular flexibility index (Phi) is 6.06. The summed E-state index contributed by atoms with van der Waals surface area (Å²) in [6, 6.07) is 11.1. The molecule has 0 spiro atoms. The van der Waals surface area contributed by atoms with Gasteiger partial charge >= 0.3 is 0 Å². The van der Waals surface area contributed by atoms with E-state index in [1.807, 2.05) is 13.8 Å². The molecule has 0 unspecified atom stereocenters. The summed E-state index contributed by atoms with van der Waals surface area (Å²) in [5.74, 6) is 0.387. The lowest BCUT2D eigenvalue weighted by molar-refractivity contribution is 0.286. The molecule has 0 saturated carbocycles. The number of aromatic nitrogens is 2. The zero-order valence-electron chi connectivity index (χ0n) is 17.4. The Balaban J connectivity index is 1.55. The highest BCUT2D eigenvalue weighted by atomic mass is 32.2. The van der Waals surface area contributed by atoms with Gasteiger partial charge in [0.2, 0.25) is 15.9 Å². The van der Waals surface area contributed by atoms with Crippen LogP contribution in [0.3, 0.4) is 0 Å². The third-order valence-corrected chi connectivity index (χ3v) is 7.22. The molecule has 7 nitrogen and oxygen atoms in total. The number of halogens is 1. The van der Waals surface area contributed by atoms with Crippen molar-refractivity contribution in [2.24, 2.45) is 0 Å². The maximum Gasteiger partial charge on any atom is 0.250 e. The van der Waals surface area contributed by atoms with Crippen LogP contribution in [-0.2, 0) is 10.0 Å². The van der Waals surface area contributed by atoms with Gasteiger partial charge < -0.3 is 9.15 Å². The van der Waals surface area contributed by atoms with Gasteiger partial charge in [0, 0.05) is 13.1 Å². The molecule has 4 rings (SSSR count). The minimum atomic E-state index is -3.68. The molecule has 1 fully saturated rings. The average molecular weight is 446 g/mol. The van der Waals surface area contributed by atoms with E-state index in [1.54, 1.807) is 36.4 Å². The summed E-state index contributed by atoms with van der Waals surface area (Å²) >= 11 is 0. The number of aryl methyl sites for hydroxylation is 1. The van der Waals surface area contributed by atoms with Gasteiger partial charge in [-0.3, -0.25) is 0 Å². The maximum atomic E-state index is 14.0. The third-order valence-electron chi connectivity index (χ3n) is 5.36. The molecule has 164 valence electrons. The van der Waals surface area contributed by atoms with Crippen molar-refractivity contribution in [2.45, 2.75) is 37.5 Å². The summed E-state index contributed by atoms with van der Waals surface area (Å²) in [5.41, 5.74) is 0.995. The van der Waals surface area contributed by atoms with Crippen LogP contribution in [0.4, 0.5) is 4.39 Å². The standard InChI is InChI=1S/C22H24FN3O4S/c1-3-29-20-11-10-17(13-15(20)2)31(27,28)26-12-6-7-16(14-26)21-24-25-22(30-21)18-8-4-5-9-19(18)23/h4-5,8-11,13,16H,3,6-7,12,14H2,1-2H3/t16-/m1/s1. The molecule has 1 aliphatic rings. The molecule has 0 amide bonds. The normalized spacial score (nSPS) is 17.6. The first-order valence-electron chi connectivity index (χ1n) is 10.2. The predicted octanol–water partition coefficient (Wildman–Crippen LogP) is 4.15. The van der Waals surface area contributed by atoms with Crippen molar-refractivity contribution in [3.63, 3.8) is 0 Å². The number of hydrogen-bond donors (Lipinski definition) is 0. The SMILES string of the molecule is CCOc1ccc(S(=O)(=O)N2CCC[C@@H](c3nnc(-c4ccccc4F)o3)C2)cc1C. The largest absolute Gasteiger partial charge is 0.494 e. The quantitative estimate of drug-likeness (QED) is 0.567. The fourth-order valence-corrected chi connectivity index (χ4v) is 5.36. The lowest BCUT2D eigenvalue weighted by Gasteiger charge is -2.30. The van der Waals surface area contributed by atoms with Gasteiger partial charge in [0.15, 0.2) is 0 Å². The van der Waals surface area contributed by atoms with E-state index in [2.05, 4.69) is 10.2 Å². The van der Waals surface area contributed by atoms with Crippen molar-refractivity contribution in [1.29, 1.82) is 0 Å². The van der Waals surface area contributed by atoms with Crippen molar-refractivity contribution in [2.75, 3.05) is 19.7 Å². The summed E-state index contributed by atoms with van der Waals surface area (Å²) in [4.78, 5) is 0.228. The highest BCUT2D eigenvalue weighted by Crippen LogP contribution is 2.32. The van der Waals surface area contributed by atoms with Gasteiger partial charge in [-0.05, 0) is 62.6 Å². The average Bonchev–Trinajstić information content (AvgIpc) is 3.26. The Bertz CT molecular complexity index is 1180. The molecule has 1 aliphatic heterocycles. The fourth-order valence-electron chi connectivity index (χ4n) is 3.75. The van der Waals surface area contributed by atoms with E-state index in [1.165, 1.54) is 10.4 Å². The van der Waals surface area contributed by atoms with Crippen LogP contribution >= 0.6 is 0 Å². The van der Waals surface area contributed by atoms with E-state index < -0.39 is 15.8 Å². The highest BCUT2D eigenvalue weighted by Gasteiger charge is 2.33. The molecule has 0 aliphatic carbocycles.